The van der Waals surface area contributed by atoms with Crippen molar-refractivity contribution in [2.75, 3.05) is 19.8 Å². The molecule has 1 aliphatic carbocycles. The third-order valence-corrected chi connectivity index (χ3v) is 6.16. The van der Waals surface area contributed by atoms with Crippen LogP contribution < -0.4 is 0 Å². The second-order valence-corrected chi connectivity index (χ2v) is 8.21. The van der Waals surface area contributed by atoms with Crippen molar-refractivity contribution in [1.29, 1.82) is 0 Å². The van der Waals surface area contributed by atoms with Gasteiger partial charge in [-0.15, -0.1) is 0 Å². The Labute approximate surface area is 179 Å². The monoisotopic (exact) mass is 418 g/mol. The zero-order chi connectivity index (χ0) is 21.2. The highest BCUT2D eigenvalue weighted by Gasteiger charge is 2.45. The molecule has 1 saturated heterocycles. The smallest absolute Gasteiger partial charge is 0.306 e. The first kappa shape index (κ1) is 22.9. The van der Waals surface area contributed by atoms with Crippen molar-refractivity contribution in [3.63, 3.8) is 0 Å². The number of hydrogen-bond donors (Lipinski definition) is 0. The first-order valence-corrected chi connectivity index (χ1v) is 11.2. The molecule has 6 heteroatoms. The molecule has 2 aliphatic rings. The molecule has 0 amide bonds. The Hall–Kier alpha value is -1.76. The molecule has 1 aromatic carbocycles. The van der Waals surface area contributed by atoms with E-state index in [1.165, 1.54) is 0 Å². The van der Waals surface area contributed by atoms with Crippen LogP contribution in [0, 0.1) is 17.8 Å². The maximum absolute atomic E-state index is 12.1. The lowest BCUT2D eigenvalue weighted by molar-refractivity contribution is -0.199. The number of aldehydes is 1. The van der Waals surface area contributed by atoms with Crippen molar-refractivity contribution in [3.8, 4) is 0 Å². The van der Waals surface area contributed by atoms with E-state index in [0.717, 1.165) is 44.1 Å². The number of ether oxygens (including phenoxy) is 4. The van der Waals surface area contributed by atoms with Gasteiger partial charge in [-0.25, -0.2) is 0 Å². The number of esters is 1. The Balaban J connectivity index is 1.67. The van der Waals surface area contributed by atoms with Crippen LogP contribution in [0.3, 0.4) is 0 Å². The molecule has 1 unspecified atom stereocenters. The molecule has 166 valence electrons. The third-order valence-electron chi connectivity index (χ3n) is 6.16. The summed E-state index contributed by atoms with van der Waals surface area (Å²) >= 11 is 0. The van der Waals surface area contributed by atoms with Gasteiger partial charge in [-0.3, -0.25) is 4.79 Å². The van der Waals surface area contributed by atoms with Crippen LogP contribution in [0.2, 0.25) is 0 Å². The number of carbonyl (C=O) groups excluding carboxylic acids is 2. The fraction of sp³-hybridized carbons (Fsp3) is 0.667. The first-order valence-electron chi connectivity index (χ1n) is 11.2. The van der Waals surface area contributed by atoms with Gasteiger partial charge in [-0.1, -0.05) is 30.3 Å². The van der Waals surface area contributed by atoms with E-state index in [9.17, 15) is 9.59 Å². The van der Waals surface area contributed by atoms with E-state index < -0.39 is 0 Å². The summed E-state index contributed by atoms with van der Waals surface area (Å²) in [7, 11) is 0. The van der Waals surface area contributed by atoms with Gasteiger partial charge in [-0.2, -0.15) is 0 Å². The average Bonchev–Trinajstić information content (AvgIpc) is 3.06. The van der Waals surface area contributed by atoms with Crippen LogP contribution in [0.1, 0.15) is 51.0 Å². The number of benzene rings is 1. The predicted molar refractivity (Wildman–Crippen MR) is 112 cm³/mol. The van der Waals surface area contributed by atoms with Crippen molar-refractivity contribution >= 4 is 12.3 Å². The summed E-state index contributed by atoms with van der Waals surface area (Å²) in [5.41, 5.74) is 1.11. The molecule has 1 aliphatic heterocycles. The van der Waals surface area contributed by atoms with E-state index >= 15 is 0 Å². The van der Waals surface area contributed by atoms with Gasteiger partial charge < -0.3 is 23.7 Å². The van der Waals surface area contributed by atoms with E-state index in [4.69, 9.17) is 18.9 Å². The molecular formula is C24H34O6. The quantitative estimate of drug-likeness (QED) is 0.401. The lowest BCUT2D eigenvalue weighted by Gasteiger charge is -2.30. The van der Waals surface area contributed by atoms with Crippen LogP contribution in [0.5, 0.6) is 0 Å². The van der Waals surface area contributed by atoms with Crippen molar-refractivity contribution < 1.29 is 28.5 Å². The minimum atomic E-state index is -0.211. The highest BCUT2D eigenvalue weighted by atomic mass is 16.7. The molecule has 0 bridgehead atoms. The average molecular weight is 419 g/mol. The summed E-state index contributed by atoms with van der Waals surface area (Å²) in [5, 5.41) is 0. The molecule has 0 aromatic heterocycles. The second kappa shape index (κ2) is 12.2. The summed E-state index contributed by atoms with van der Waals surface area (Å²) in [6.45, 7) is 3.90. The Kier molecular flexibility index (Phi) is 9.30. The van der Waals surface area contributed by atoms with Crippen molar-refractivity contribution in [1.82, 2.24) is 0 Å². The number of carbonyl (C=O) groups is 2. The van der Waals surface area contributed by atoms with Gasteiger partial charge in [0.25, 0.3) is 0 Å². The molecule has 1 saturated carbocycles. The number of hydrogen-bond acceptors (Lipinski definition) is 6. The van der Waals surface area contributed by atoms with Crippen molar-refractivity contribution in [2.24, 2.45) is 17.8 Å². The van der Waals surface area contributed by atoms with Gasteiger partial charge in [0.15, 0.2) is 6.29 Å². The molecule has 0 spiro atoms. The van der Waals surface area contributed by atoms with Gasteiger partial charge in [0, 0.05) is 25.4 Å². The minimum Gasteiger partial charge on any atom is -0.466 e. The molecule has 6 nitrogen and oxygen atoms in total. The van der Waals surface area contributed by atoms with Crippen LogP contribution >= 0.6 is 0 Å². The van der Waals surface area contributed by atoms with Gasteiger partial charge in [0.1, 0.15) is 6.29 Å². The van der Waals surface area contributed by atoms with E-state index in [2.05, 4.69) is 0 Å². The van der Waals surface area contributed by atoms with Crippen molar-refractivity contribution in [2.45, 2.75) is 64.4 Å². The fourth-order valence-electron chi connectivity index (χ4n) is 4.71. The van der Waals surface area contributed by atoms with Crippen LogP contribution in [-0.2, 0) is 35.1 Å². The summed E-state index contributed by atoms with van der Waals surface area (Å²) in [4.78, 5) is 23.6. The first-order chi connectivity index (χ1) is 14.7. The number of rotatable bonds is 11. The lowest BCUT2D eigenvalue weighted by atomic mass is 9.85. The third kappa shape index (κ3) is 6.62. The molecule has 30 heavy (non-hydrogen) atoms. The predicted octanol–water partition coefficient (Wildman–Crippen LogP) is 3.91. The van der Waals surface area contributed by atoms with Crippen LogP contribution in [0.4, 0.5) is 0 Å². The van der Waals surface area contributed by atoms with E-state index in [-0.39, 0.29) is 36.1 Å². The van der Waals surface area contributed by atoms with Gasteiger partial charge in [0.05, 0.1) is 25.9 Å². The van der Waals surface area contributed by atoms with Gasteiger partial charge >= 0.3 is 5.97 Å². The summed E-state index contributed by atoms with van der Waals surface area (Å²) < 4.78 is 23.3. The maximum Gasteiger partial charge on any atom is 0.306 e. The molecule has 0 N–H and O–H groups in total. The van der Waals surface area contributed by atoms with Crippen LogP contribution in [0.15, 0.2) is 30.3 Å². The Bertz CT molecular complexity index is 642. The van der Waals surface area contributed by atoms with Crippen LogP contribution in [0.25, 0.3) is 0 Å². The summed E-state index contributed by atoms with van der Waals surface area (Å²) in [6, 6.07) is 10.0. The highest BCUT2D eigenvalue weighted by molar-refractivity contribution is 5.69. The molecule has 1 heterocycles. The van der Waals surface area contributed by atoms with Crippen molar-refractivity contribution in [3.05, 3.63) is 35.9 Å². The maximum atomic E-state index is 12.1. The second-order valence-electron chi connectivity index (χ2n) is 8.21. The Morgan fingerprint density at radius 3 is 2.73 bits per heavy atom. The zero-order valence-electron chi connectivity index (χ0n) is 17.9. The van der Waals surface area contributed by atoms with Gasteiger partial charge in [0.2, 0.25) is 0 Å². The van der Waals surface area contributed by atoms with E-state index in [1.807, 2.05) is 37.3 Å². The molecule has 1 aromatic rings. The normalized spacial score (nSPS) is 28.9. The van der Waals surface area contributed by atoms with E-state index in [0.29, 0.717) is 32.7 Å². The van der Waals surface area contributed by atoms with Gasteiger partial charge in [-0.05, 0) is 50.0 Å². The largest absolute Gasteiger partial charge is 0.466 e. The molecule has 5 atom stereocenters. The fourth-order valence-corrected chi connectivity index (χ4v) is 4.71. The minimum absolute atomic E-state index is 0.0382. The lowest BCUT2D eigenvalue weighted by Crippen LogP contribution is -2.33. The molecule has 0 radical (unpaired) electrons. The van der Waals surface area contributed by atoms with Crippen LogP contribution in [-0.4, -0.2) is 44.5 Å². The SMILES string of the molecule is CCOC(=O)C[C@H]1C[C@@H](OC2CCCCO2)[C@H](COCc2ccccc2)[C@H]1CC=O. The Morgan fingerprint density at radius 2 is 2.03 bits per heavy atom. The summed E-state index contributed by atoms with van der Waals surface area (Å²) in [5.74, 6) is -0.0785. The zero-order valence-corrected chi connectivity index (χ0v) is 17.9. The topological polar surface area (TPSA) is 71.1 Å². The Morgan fingerprint density at radius 1 is 1.20 bits per heavy atom. The molecule has 3 rings (SSSR count). The highest BCUT2D eigenvalue weighted by Crippen LogP contribution is 2.44. The molecular weight excluding hydrogens is 384 g/mol. The standard InChI is InChI=1S/C24H34O6/c1-2-28-23(26)15-19-14-22(30-24-10-6-7-13-29-24)21(20(19)11-12-25)17-27-16-18-8-4-3-5-9-18/h3-5,8-9,12,19-22,24H,2,6-7,10-11,13-17H2,1H3/t19-,20+,21-,22-,24?/m1/s1. The van der Waals surface area contributed by atoms with E-state index in [1.54, 1.807) is 0 Å². The summed E-state index contributed by atoms with van der Waals surface area (Å²) in [6.07, 6.45) is 5.12. The molecule has 2 fully saturated rings.